The van der Waals surface area contributed by atoms with Gasteiger partial charge in [-0.3, -0.25) is 9.36 Å². The molecule has 0 radical (unpaired) electrons. The first-order valence-electron chi connectivity index (χ1n) is 13.5. The summed E-state index contributed by atoms with van der Waals surface area (Å²) in [4.78, 5) is 32.4. The summed E-state index contributed by atoms with van der Waals surface area (Å²) < 4.78 is 24.1. The fourth-order valence-corrected chi connectivity index (χ4v) is 5.77. The van der Waals surface area contributed by atoms with Crippen molar-refractivity contribution in [2.45, 2.75) is 26.5 Å². The van der Waals surface area contributed by atoms with E-state index in [2.05, 4.69) is 24.0 Å². The average molecular weight is 585 g/mol. The van der Waals surface area contributed by atoms with Crippen LogP contribution in [0.4, 0.5) is 0 Å². The van der Waals surface area contributed by atoms with E-state index in [-0.39, 0.29) is 24.3 Å². The third kappa shape index (κ3) is 6.22. The Balaban J connectivity index is 1.49. The maximum absolute atomic E-state index is 13.9. The molecule has 0 N–H and O–H groups in total. The number of benzene rings is 3. The monoisotopic (exact) mass is 584 g/mol. The summed E-state index contributed by atoms with van der Waals surface area (Å²) in [7, 11) is 3.09. The molecule has 8 nitrogen and oxygen atoms in total. The largest absolute Gasteiger partial charge is 0.496 e. The number of aryl methyl sites for hydroxylation is 1. The minimum atomic E-state index is -0.771. The van der Waals surface area contributed by atoms with Gasteiger partial charge in [-0.1, -0.05) is 71.5 Å². The molecule has 2 heterocycles. The number of thiazole rings is 1. The number of rotatable bonds is 10. The highest BCUT2D eigenvalue weighted by atomic mass is 32.1. The van der Waals surface area contributed by atoms with Crippen LogP contribution in [-0.4, -0.2) is 38.0 Å². The third-order valence-electron chi connectivity index (χ3n) is 6.90. The van der Waals surface area contributed by atoms with Crippen LogP contribution < -0.4 is 24.4 Å². The Labute approximate surface area is 247 Å². The first-order chi connectivity index (χ1) is 20.4. The summed E-state index contributed by atoms with van der Waals surface area (Å²) in [6, 6.07) is 22.4. The van der Waals surface area contributed by atoms with E-state index in [1.807, 2.05) is 60.7 Å². The maximum atomic E-state index is 13.9. The molecule has 0 aliphatic carbocycles. The van der Waals surface area contributed by atoms with E-state index in [1.165, 1.54) is 24.0 Å². The van der Waals surface area contributed by atoms with Crippen LogP contribution in [-0.2, 0) is 20.9 Å². The number of ether oxygens (including phenoxy) is 4. The van der Waals surface area contributed by atoms with Gasteiger partial charge in [-0.05, 0) is 49.2 Å². The second-order valence-electron chi connectivity index (χ2n) is 9.80. The normalized spacial score (nSPS) is 14.8. The van der Waals surface area contributed by atoms with E-state index >= 15 is 0 Å². The summed E-state index contributed by atoms with van der Waals surface area (Å²) in [5.74, 6) is 0.729. The molecule has 0 saturated heterocycles. The van der Waals surface area contributed by atoms with Crippen molar-refractivity contribution in [1.29, 1.82) is 0 Å². The number of para-hydroxylation sites is 1. The molecule has 0 fully saturated rings. The van der Waals surface area contributed by atoms with E-state index in [9.17, 15) is 9.59 Å². The van der Waals surface area contributed by atoms with Gasteiger partial charge in [-0.2, -0.15) is 0 Å². The van der Waals surface area contributed by atoms with Crippen LogP contribution in [0.5, 0.6) is 11.5 Å². The van der Waals surface area contributed by atoms with Gasteiger partial charge >= 0.3 is 5.97 Å². The van der Waals surface area contributed by atoms with Crippen molar-refractivity contribution in [3.8, 4) is 11.5 Å². The van der Waals surface area contributed by atoms with Crippen LogP contribution in [0.3, 0.4) is 0 Å². The van der Waals surface area contributed by atoms with Gasteiger partial charge in [0.25, 0.3) is 5.56 Å². The van der Waals surface area contributed by atoms with Crippen molar-refractivity contribution >= 4 is 23.4 Å². The van der Waals surface area contributed by atoms with Gasteiger partial charge in [-0.25, -0.2) is 9.79 Å². The van der Waals surface area contributed by atoms with Gasteiger partial charge in [0.15, 0.2) is 4.80 Å². The zero-order valence-electron chi connectivity index (χ0n) is 24.0. The first kappa shape index (κ1) is 29.0. The van der Waals surface area contributed by atoms with Crippen molar-refractivity contribution in [2.75, 3.05) is 27.4 Å². The zero-order valence-corrected chi connectivity index (χ0v) is 24.8. The molecule has 1 aromatic heterocycles. The fourth-order valence-electron chi connectivity index (χ4n) is 4.73. The van der Waals surface area contributed by atoms with Gasteiger partial charge < -0.3 is 18.9 Å². The minimum absolute atomic E-state index is 0.0832. The van der Waals surface area contributed by atoms with Crippen LogP contribution in [0.1, 0.15) is 35.2 Å². The number of hydrogen-bond acceptors (Lipinski definition) is 8. The number of aromatic nitrogens is 1. The number of methoxy groups -OCH3 is 2. The van der Waals surface area contributed by atoms with Crippen LogP contribution in [0, 0.1) is 6.92 Å². The van der Waals surface area contributed by atoms with E-state index in [0.29, 0.717) is 33.0 Å². The molecule has 1 unspecified atom stereocenters. The van der Waals surface area contributed by atoms with Crippen LogP contribution >= 0.6 is 11.3 Å². The molecule has 216 valence electrons. The van der Waals surface area contributed by atoms with Crippen LogP contribution in [0.15, 0.2) is 93.9 Å². The van der Waals surface area contributed by atoms with Crippen LogP contribution in [0.2, 0.25) is 0 Å². The molecule has 0 spiro atoms. The number of carbonyl (C=O) groups excluding carboxylic acids is 1. The Morgan fingerprint density at radius 3 is 2.43 bits per heavy atom. The fraction of sp³-hybridized carbons (Fsp3) is 0.242. The minimum Gasteiger partial charge on any atom is -0.496 e. The number of carbonyl (C=O) groups is 1. The van der Waals surface area contributed by atoms with Crippen molar-refractivity contribution in [3.63, 3.8) is 0 Å². The molecule has 5 rings (SSSR count). The molecule has 4 aromatic rings. The number of nitrogens with zero attached hydrogens (tertiary/aromatic N) is 2. The number of allylic oxidation sites excluding steroid dienone is 1. The second kappa shape index (κ2) is 13.0. The van der Waals surface area contributed by atoms with E-state index < -0.39 is 12.0 Å². The topological polar surface area (TPSA) is 88.4 Å². The second-order valence-corrected chi connectivity index (χ2v) is 10.8. The van der Waals surface area contributed by atoms with Gasteiger partial charge in [-0.15, -0.1) is 0 Å². The van der Waals surface area contributed by atoms with Crippen molar-refractivity contribution < 1.29 is 23.7 Å². The van der Waals surface area contributed by atoms with Gasteiger partial charge in [0.1, 0.15) is 30.8 Å². The highest BCUT2D eigenvalue weighted by Crippen LogP contribution is 2.35. The Hall–Kier alpha value is -4.47. The Morgan fingerprint density at radius 1 is 0.976 bits per heavy atom. The molecule has 1 atom stereocenters. The number of fused-ring (bicyclic) bond motifs is 1. The summed E-state index contributed by atoms with van der Waals surface area (Å²) in [5.41, 5.74) is 4.30. The molecule has 1 aliphatic rings. The van der Waals surface area contributed by atoms with Crippen LogP contribution in [0.25, 0.3) is 6.08 Å². The lowest BCUT2D eigenvalue weighted by molar-refractivity contribution is -0.140. The predicted molar refractivity (Wildman–Crippen MR) is 162 cm³/mol. The molecule has 1 aliphatic heterocycles. The van der Waals surface area contributed by atoms with E-state index in [4.69, 9.17) is 18.9 Å². The quantitative estimate of drug-likeness (QED) is 0.204. The SMILES string of the molecule is COCCOC(=O)C1=C(C)N=c2sc(=Cc3ccc(OCc4ccc(C)cc4)cc3)c(=O)n2C1c1ccccc1OC. The molecule has 0 amide bonds. The van der Waals surface area contributed by atoms with E-state index in [1.54, 1.807) is 24.7 Å². The Kier molecular flexibility index (Phi) is 9.00. The lowest BCUT2D eigenvalue weighted by Gasteiger charge is -2.26. The number of esters is 1. The van der Waals surface area contributed by atoms with Crippen molar-refractivity contribution in [3.05, 3.63) is 126 Å². The Bertz CT molecular complexity index is 1790. The first-order valence-corrected chi connectivity index (χ1v) is 14.3. The Morgan fingerprint density at radius 2 is 1.71 bits per heavy atom. The summed E-state index contributed by atoms with van der Waals surface area (Å²) >= 11 is 1.27. The maximum Gasteiger partial charge on any atom is 0.338 e. The third-order valence-corrected chi connectivity index (χ3v) is 7.88. The van der Waals surface area contributed by atoms with Gasteiger partial charge in [0.2, 0.25) is 0 Å². The number of hydrogen-bond donors (Lipinski definition) is 0. The van der Waals surface area contributed by atoms with Gasteiger partial charge in [0, 0.05) is 12.7 Å². The molecule has 0 saturated carbocycles. The van der Waals surface area contributed by atoms with Crippen molar-refractivity contribution in [2.24, 2.45) is 4.99 Å². The lowest BCUT2D eigenvalue weighted by Crippen LogP contribution is -2.40. The molecule has 42 heavy (non-hydrogen) atoms. The predicted octanol–water partition coefficient (Wildman–Crippen LogP) is 4.32. The highest BCUT2D eigenvalue weighted by Gasteiger charge is 2.35. The lowest BCUT2D eigenvalue weighted by atomic mass is 9.95. The smallest absolute Gasteiger partial charge is 0.338 e. The van der Waals surface area contributed by atoms with E-state index in [0.717, 1.165) is 16.9 Å². The standard InChI is InChI=1S/C33H32N2O6S/c1-21-9-11-24(12-10-21)20-41-25-15-13-23(14-16-25)19-28-31(36)35-30(26-7-5-6-8-27(26)39-4)29(22(2)34-33(35)42-28)32(37)40-18-17-38-3/h5-16,19,30H,17-18,20H2,1-4H3. The highest BCUT2D eigenvalue weighted by molar-refractivity contribution is 7.07. The summed E-state index contributed by atoms with van der Waals surface area (Å²) in [5, 5.41) is 0. The molecule has 9 heteroatoms. The molecule has 0 bridgehead atoms. The van der Waals surface area contributed by atoms with Gasteiger partial charge in [0.05, 0.1) is 29.5 Å². The van der Waals surface area contributed by atoms with Crippen molar-refractivity contribution in [1.82, 2.24) is 4.57 Å². The average Bonchev–Trinajstić information content (AvgIpc) is 3.30. The zero-order chi connectivity index (χ0) is 29.6. The summed E-state index contributed by atoms with van der Waals surface area (Å²) in [6.07, 6.45) is 1.82. The molecule has 3 aromatic carbocycles. The summed E-state index contributed by atoms with van der Waals surface area (Å²) in [6.45, 7) is 4.61. The molecular weight excluding hydrogens is 552 g/mol. The molecular formula is C33H32N2O6S.